The molecule has 3 aromatic heterocycles. The number of thiophene rings is 1. The molecular weight excluding hydrogens is 377 g/mol. The molecule has 0 saturated carbocycles. The summed E-state index contributed by atoms with van der Waals surface area (Å²) in [6.07, 6.45) is 0. The second kappa shape index (κ2) is 6.70. The van der Waals surface area contributed by atoms with Gasteiger partial charge in [-0.15, -0.1) is 22.7 Å². The van der Waals surface area contributed by atoms with Gasteiger partial charge in [0.15, 0.2) is 5.16 Å². The Bertz CT molecular complexity index is 1100. The van der Waals surface area contributed by atoms with Crippen LogP contribution in [0, 0.1) is 5.82 Å². The molecular formula is C17H12FN3OS3. The number of aromatic nitrogens is 3. The Balaban J connectivity index is 1.55. The van der Waals surface area contributed by atoms with E-state index < -0.39 is 0 Å². The summed E-state index contributed by atoms with van der Waals surface area (Å²) in [6, 6.07) is 8.11. The Hall–Kier alpha value is -2.03. The summed E-state index contributed by atoms with van der Waals surface area (Å²) < 4.78 is 14.6. The molecule has 0 N–H and O–H groups in total. The summed E-state index contributed by atoms with van der Waals surface area (Å²) >= 11 is 4.47. The summed E-state index contributed by atoms with van der Waals surface area (Å²) in [4.78, 5) is 22.2. The molecule has 0 aliphatic carbocycles. The van der Waals surface area contributed by atoms with Crippen molar-refractivity contribution in [3.63, 3.8) is 0 Å². The zero-order valence-electron chi connectivity index (χ0n) is 13.1. The second-order valence-electron chi connectivity index (χ2n) is 5.34. The first-order chi connectivity index (χ1) is 12.1. The molecule has 0 amide bonds. The van der Waals surface area contributed by atoms with Gasteiger partial charge >= 0.3 is 0 Å². The van der Waals surface area contributed by atoms with E-state index in [1.54, 1.807) is 29.8 Å². The third kappa shape index (κ3) is 3.24. The van der Waals surface area contributed by atoms with Crippen molar-refractivity contribution in [1.82, 2.24) is 14.5 Å². The summed E-state index contributed by atoms with van der Waals surface area (Å²) in [6.45, 7) is 0. The lowest BCUT2D eigenvalue weighted by Crippen LogP contribution is -2.19. The Morgan fingerprint density at radius 3 is 2.76 bits per heavy atom. The Labute approximate surface area is 155 Å². The zero-order valence-corrected chi connectivity index (χ0v) is 15.6. The van der Waals surface area contributed by atoms with E-state index in [-0.39, 0.29) is 11.4 Å². The first kappa shape index (κ1) is 16.4. The average Bonchev–Trinajstić information content (AvgIpc) is 3.27. The van der Waals surface area contributed by atoms with E-state index in [9.17, 15) is 9.18 Å². The molecule has 0 aliphatic rings. The van der Waals surface area contributed by atoms with Crippen LogP contribution < -0.4 is 5.56 Å². The van der Waals surface area contributed by atoms with Crippen LogP contribution in [-0.2, 0) is 12.8 Å². The highest BCUT2D eigenvalue weighted by atomic mass is 32.2. The van der Waals surface area contributed by atoms with Crippen LogP contribution in [0.3, 0.4) is 0 Å². The van der Waals surface area contributed by atoms with Crippen molar-refractivity contribution < 1.29 is 4.39 Å². The van der Waals surface area contributed by atoms with Crippen LogP contribution in [0.4, 0.5) is 4.39 Å². The highest BCUT2D eigenvalue weighted by Crippen LogP contribution is 2.28. The third-order valence-electron chi connectivity index (χ3n) is 3.66. The van der Waals surface area contributed by atoms with Gasteiger partial charge in [-0.3, -0.25) is 9.36 Å². The number of fused-ring (bicyclic) bond motifs is 1. The van der Waals surface area contributed by atoms with E-state index in [2.05, 4.69) is 9.97 Å². The van der Waals surface area contributed by atoms with Gasteiger partial charge in [-0.05, 0) is 35.7 Å². The summed E-state index contributed by atoms with van der Waals surface area (Å²) in [5.41, 5.74) is 1.78. The number of benzene rings is 1. The minimum atomic E-state index is -0.257. The zero-order chi connectivity index (χ0) is 17.4. The van der Waals surface area contributed by atoms with Gasteiger partial charge in [0.25, 0.3) is 5.56 Å². The van der Waals surface area contributed by atoms with Crippen molar-refractivity contribution in [2.75, 3.05) is 0 Å². The molecule has 1 aromatic carbocycles. The summed E-state index contributed by atoms with van der Waals surface area (Å²) in [7, 11) is 1.74. The number of thioether (sulfide) groups is 1. The molecule has 8 heteroatoms. The highest BCUT2D eigenvalue weighted by Gasteiger charge is 2.11. The number of nitrogens with zero attached hydrogens (tertiary/aromatic N) is 3. The topological polar surface area (TPSA) is 47.8 Å². The van der Waals surface area contributed by atoms with Crippen LogP contribution >= 0.6 is 34.4 Å². The average molecular weight is 390 g/mol. The van der Waals surface area contributed by atoms with E-state index in [0.29, 0.717) is 16.3 Å². The Morgan fingerprint density at radius 1 is 1.16 bits per heavy atom. The monoisotopic (exact) mass is 389 g/mol. The first-order valence-corrected chi connectivity index (χ1v) is 10.1. The summed E-state index contributed by atoms with van der Waals surface area (Å²) in [5, 5.41) is 6.04. The van der Waals surface area contributed by atoms with Crippen LogP contribution in [-0.4, -0.2) is 14.5 Å². The van der Waals surface area contributed by atoms with Crippen LogP contribution in [0.15, 0.2) is 51.0 Å². The largest absolute Gasteiger partial charge is 0.290 e. The van der Waals surface area contributed by atoms with E-state index in [1.807, 2.05) is 10.8 Å². The molecule has 25 heavy (non-hydrogen) atoms. The lowest BCUT2D eigenvalue weighted by Gasteiger charge is -2.05. The van der Waals surface area contributed by atoms with Crippen molar-refractivity contribution in [3.8, 4) is 10.6 Å². The lowest BCUT2D eigenvalue weighted by atomic mass is 10.2. The fraction of sp³-hybridized carbons (Fsp3) is 0.118. The second-order valence-corrected chi connectivity index (χ2v) is 8.03. The Morgan fingerprint density at radius 2 is 1.96 bits per heavy atom. The molecule has 4 rings (SSSR count). The first-order valence-electron chi connectivity index (χ1n) is 7.39. The fourth-order valence-electron chi connectivity index (χ4n) is 2.35. The number of hydrogen-bond acceptors (Lipinski definition) is 6. The van der Waals surface area contributed by atoms with Crippen LogP contribution in [0.5, 0.6) is 0 Å². The predicted octanol–water partition coefficient (Wildman–Crippen LogP) is 4.55. The van der Waals surface area contributed by atoms with Gasteiger partial charge in [0.05, 0.1) is 11.1 Å². The molecule has 0 unspecified atom stereocenters. The molecule has 4 aromatic rings. The summed E-state index contributed by atoms with van der Waals surface area (Å²) in [5.74, 6) is 0.363. The smallest absolute Gasteiger partial charge is 0.262 e. The number of hydrogen-bond donors (Lipinski definition) is 0. The van der Waals surface area contributed by atoms with Crippen LogP contribution in [0.25, 0.3) is 20.8 Å². The van der Waals surface area contributed by atoms with Crippen molar-refractivity contribution in [3.05, 3.63) is 63.0 Å². The molecule has 0 aliphatic heterocycles. The van der Waals surface area contributed by atoms with Gasteiger partial charge in [0.2, 0.25) is 0 Å². The maximum Gasteiger partial charge on any atom is 0.262 e. The lowest BCUT2D eigenvalue weighted by molar-refractivity contribution is 0.628. The molecule has 0 fully saturated rings. The van der Waals surface area contributed by atoms with Crippen molar-refractivity contribution in [1.29, 1.82) is 0 Å². The number of thiazole rings is 1. The van der Waals surface area contributed by atoms with Gasteiger partial charge in [-0.2, -0.15) is 0 Å². The van der Waals surface area contributed by atoms with Crippen molar-refractivity contribution >= 4 is 44.7 Å². The van der Waals surface area contributed by atoms with Crippen LogP contribution in [0.1, 0.15) is 5.69 Å². The highest BCUT2D eigenvalue weighted by molar-refractivity contribution is 7.98. The maximum atomic E-state index is 13.0. The number of rotatable bonds is 4. The van der Waals surface area contributed by atoms with E-state index in [1.165, 1.54) is 46.6 Å². The van der Waals surface area contributed by atoms with Crippen LogP contribution in [0.2, 0.25) is 0 Å². The minimum Gasteiger partial charge on any atom is -0.290 e. The molecule has 0 saturated heterocycles. The van der Waals surface area contributed by atoms with Gasteiger partial charge in [0, 0.05) is 23.7 Å². The van der Waals surface area contributed by atoms with Gasteiger partial charge in [0.1, 0.15) is 15.7 Å². The fourth-order valence-corrected chi connectivity index (χ4v) is 4.95. The molecule has 3 heterocycles. The quantitative estimate of drug-likeness (QED) is 0.379. The molecule has 0 spiro atoms. The van der Waals surface area contributed by atoms with E-state index in [4.69, 9.17) is 0 Å². The SMILES string of the molecule is Cn1c(SCc2csc(-c3ccc(F)cc3)n2)nc2sccc2c1=O. The van der Waals surface area contributed by atoms with Gasteiger partial charge in [-0.25, -0.2) is 14.4 Å². The molecule has 126 valence electrons. The van der Waals surface area contributed by atoms with Gasteiger partial charge < -0.3 is 0 Å². The van der Waals surface area contributed by atoms with Gasteiger partial charge in [-0.1, -0.05) is 11.8 Å². The number of halogens is 1. The third-order valence-corrected chi connectivity index (χ3v) is 6.47. The minimum absolute atomic E-state index is 0.0287. The van der Waals surface area contributed by atoms with E-state index in [0.717, 1.165) is 21.1 Å². The molecule has 4 nitrogen and oxygen atoms in total. The maximum absolute atomic E-state index is 13.0. The Kier molecular flexibility index (Phi) is 4.41. The standard InChI is InChI=1S/C17H12FN3OS3/c1-21-16(22)13-6-7-23-15(13)20-17(21)25-9-12-8-24-14(19-12)10-2-4-11(18)5-3-10/h2-8H,9H2,1H3. The normalized spacial score (nSPS) is 11.3. The van der Waals surface area contributed by atoms with E-state index >= 15 is 0 Å². The molecule has 0 radical (unpaired) electrons. The van der Waals surface area contributed by atoms with Crippen molar-refractivity contribution in [2.24, 2.45) is 7.05 Å². The molecule has 0 atom stereocenters. The predicted molar refractivity (Wildman–Crippen MR) is 102 cm³/mol. The molecule has 0 bridgehead atoms. The van der Waals surface area contributed by atoms with Crippen molar-refractivity contribution in [2.45, 2.75) is 10.9 Å².